The molecule has 120 valence electrons. The van der Waals surface area contributed by atoms with Crippen molar-refractivity contribution in [1.82, 2.24) is 10.2 Å². The number of rotatable bonds is 4. The number of nitrogens with one attached hydrogen (secondary N) is 1. The molecule has 1 atom stereocenters. The lowest BCUT2D eigenvalue weighted by atomic mass is 9.91. The van der Waals surface area contributed by atoms with Crippen molar-refractivity contribution in [2.75, 3.05) is 32.7 Å². The van der Waals surface area contributed by atoms with Crippen molar-refractivity contribution in [1.29, 1.82) is 0 Å². The van der Waals surface area contributed by atoms with E-state index in [0.29, 0.717) is 5.92 Å². The third-order valence-electron chi connectivity index (χ3n) is 4.88. The van der Waals surface area contributed by atoms with Crippen LogP contribution in [0.15, 0.2) is 30.3 Å². The van der Waals surface area contributed by atoms with Crippen molar-refractivity contribution in [3.05, 3.63) is 41.7 Å². The molecule has 1 saturated heterocycles. The van der Waals surface area contributed by atoms with Gasteiger partial charge >= 0.3 is 0 Å². The van der Waals surface area contributed by atoms with Crippen LogP contribution in [-0.2, 0) is 0 Å². The van der Waals surface area contributed by atoms with E-state index >= 15 is 0 Å². The summed E-state index contributed by atoms with van der Waals surface area (Å²) in [5.74, 6) is 0.246. The number of hydrogen-bond acceptors (Lipinski definition) is 3. The Bertz CT molecular complexity index is 508. The fourth-order valence-corrected chi connectivity index (χ4v) is 3.45. The maximum absolute atomic E-state index is 13.0. The summed E-state index contributed by atoms with van der Waals surface area (Å²) in [6, 6.07) is 6.73. The van der Waals surface area contributed by atoms with Gasteiger partial charge in [0.25, 0.3) is 0 Å². The van der Waals surface area contributed by atoms with Crippen molar-refractivity contribution in [2.24, 2.45) is 5.92 Å². The van der Waals surface area contributed by atoms with E-state index in [0.717, 1.165) is 57.5 Å². The second-order valence-corrected chi connectivity index (χ2v) is 6.40. The summed E-state index contributed by atoms with van der Waals surface area (Å²) in [6.07, 6.45) is 5.11. The number of nitrogens with zero attached hydrogens (tertiary/aromatic N) is 1. The van der Waals surface area contributed by atoms with E-state index in [1.54, 1.807) is 0 Å². The van der Waals surface area contributed by atoms with Crippen LogP contribution in [0, 0.1) is 11.7 Å². The highest BCUT2D eigenvalue weighted by atomic mass is 19.1. The molecule has 1 aromatic rings. The van der Waals surface area contributed by atoms with Gasteiger partial charge < -0.3 is 10.4 Å². The lowest BCUT2D eigenvalue weighted by Crippen LogP contribution is -2.42. The minimum absolute atomic E-state index is 0.188. The third kappa shape index (κ3) is 3.94. The fourth-order valence-electron chi connectivity index (χ4n) is 3.45. The van der Waals surface area contributed by atoms with Gasteiger partial charge in [-0.05, 0) is 61.5 Å². The molecule has 0 bridgehead atoms. The van der Waals surface area contributed by atoms with Gasteiger partial charge in [-0.3, -0.25) is 4.90 Å². The molecule has 22 heavy (non-hydrogen) atoms. The Hall–Kier alpha value is -1.23. The lowest BCUT2D eigenvalue weighted by Gasteiger charge is -2.33. The molecule has 0 spiro atoms. The quantitative estimate of drug-likeness (QED) is 0.896. The molecule has 3 rings (SSSR count). The van der Waals surface area contributed by atoms with Crippen molar-refractivity contribution in [2.45, 2.75) is 25.4 Å². The minimum atomic E-state index is -0.220. The first-order chi connectivity index (χ1) is 10.7. The van der Waals surface area contributed by atoms with Crippen LogP contribution in [0.1, 0.15) is 24.8 Å². The van der Waals surface area contributed by atoms with Gasteiger partial charge in [0, 0.05) is 19.6 Å². The predicted molar refractivity (Wildman–Crippen MR) is 87.0 cm³/mol. The lowest BCUT2D eigenvalue weighted by molar-refractivity contribution is 0.0537. The van der Waals surface area contributed by atoms with Gasteiger partial charge in [0.15, 0.2) is 0 Å². The van der Waals surface area contributed by atoms with Crippen LogP contribution in [0.4, 0.5) is 4.39 Å². The van der Waals surface area contributed by atoms with Crippen molar-refractivity contribution < 1.29 is 9.50 Å². The van der Waals surface area contributed by atoms with Gasteiger partial charge in [-0.1, -0.05) is 18.2 Å². The monoisotopic (exact) mass is 304 g/mol. The first-order valence-electron chi connectivity index (χ1n) is 8.28. The number of piperidine rings is 1. The standard InChI is InChI=1S/C18H25FN2O/c19-17-3-1-14(2-4-17)15-7-11-21(12-8-15)13-18(22)16-5-9-20-10-6-16/h1-4,7,16,18,20,22H,5-6,8-13H2. The summed E-state index contributed by atoms with van der Waals surface area (Å²) < 4.78 is 13.0. The molecule has 4 heteroatoms. The Morgan fingerprint density at radius 3 is 2.59 bits per heavy atom. The Morgan fingerprint density at radius 1 is 1.23 bits per heavy atom. The smallest absolute Gasteiger partial charge is 0.123 e. The van der Waals surface area contributed by atoms with Crippen molar-refractivity contribution >= 4 is 5.57 Å². The molecule has 3 nitrogen and oxygen atoms in total. The van der Waals surface area contributed by atoms with E-state index in [2.05, 4.69) is 16.3 Å². The molecule has 2 N–H and O–H groups in total. The number of halogens is 1. The molecule has 0 radical (unpaired) electrons. The number of β-amino-alcohol motifs (C(OH)–C–C–N with tert-alkyl or cyclic N) is 1. The van der Waals surface area contributed by atoms with Crippen molar-refractivity contribution in [3.63, 3.8) is 0 Å². The topological polar surface area (TPSA) is 35.5 Å². The minimum Gasteiger partial charge on any atom is -0.392 e. The summed E-state index contributed by atoms with van der Waals surface area (Å²) >= 11 is 0. The Morgan fingerprint density at radius 2 is 1.95 bits per heavy atom. The highest BCUT2D eigenvalue weighted by molar-refractivity contribution is 5.66. The van der Waals surface area contributed by atoms with E-state index in [1.165, 1.54) is 17.7 Å². The van der Waals surface area contributed by atoms with Gasteiger partial charge in [-0.25, -0.2) is 4.39 Å². The number of benzene rings is 1. The summed E-state index contributed by atoms with van der Waals surface area (Å²) in [5, 5.41) is 13.7. The van der Waals surface area contributed by atoms with E-state index < -0.39 is 0 Å². The molecule has 2 heterocycles. The van der Waals surface area contributed by atoms with Gasteiger partial charge in [0.1, 0.15) is 5.82 Å². The van der Waals surface area contributed by atoms with Crippen LogP contribution in [0.3, 0.4) is 0 Å². The van der Waals surface area contributed by atoms with Crippen LogP contribution >= 0.6 is 0 Å². The van der Waals surface area contributed by atoms with Crippen LogP contribution < -0.4 is 5.32 Å². The molecule has 0 aromatic heterocycles. The molecular weight excluding hydrogens is 279 g/mol. The van der Waals surface area contributed by atoms with Gasteiger partial charge in [-0.2, -0.15) is 0 Å². The zero-order chi connectivity index (χ0) is 15.4. The SMILES string of the molecule is OC(CN1CC=C(c2ccc(F)cc2)CC1)C1CCNCC1. The Kier molecular flexibility index (Phi) is 5.24. The van der Waals surface area contributed by atoms with E-state index in [-0.39, 0.29) is 11.9 Å². The summed E-state index contributed by atoms with van der Waals surface area (Å²) in [4.78, 5) is 2.32. The van der Waals surface area contributed by atoms with E-state index in [1.807, 2.05) is 12.1 Å². The molecular formula is C18H25FN2O. The molecule has 2 aliphatic rings. The third-order valence-corrected chi connectivity index (χ3v) is 4.88. The molecule has 0 saturated carbocycles. The van der Waals surface area contributed by atoms with Crippen LogP contribution in [-0.4, -0.2) is 48.8 Å². The average Bonchev–Trinajstić information content (AvgIpc) is 2.57. The summed E-state index contributed by atoms with van der Waals surface area (Å²) in [5.41, 5.74) is 2.40. The first kappa shape index (κ1) is 15.7. The molecule has 1 aromatic carbocycles. The normalized spacial score (nSPS) is 22.4. The summed E-state index contributed by atoms with van der Waals surface area (Å²) in [6.45, 7) is 4.64. The largest absolute Gasteiger partial charge is 0.392 e. The van der Waals surface area contributed by atoms with E-state index in [9.17, 15) is 9.50 Å². The second kappa shape index (κ2) is 7.36. The molecule has 1 fully saturated rings. The van der Waals surface area contributed by atoms with Gasteiger partial charge in [0.2, 0.25) is 0 Å². The molecule has 2 aliphatic heterocycles. The fraction of sp³-hybridized carbons (Fsp3) is 0.556. The number of hydrogen-bond donors (Lipinski definition) is 2. The number of aliphatic hydroxyl groups excluding tert-OH is 1. The molecule has 0 aliphatic carbocycles. The highest BCUT2D eigenvalue weighted by Crippen LogP contribution is 2.24. The van der Waals surface area contributed by atoms with Crippen LogP contribution in [0.5, 0.6) is 0 Å². The maximum atomic E-state index is 13.0. The Balaban J connectivity index is 1.53. The van der Waals surface area contributed by atoms with Gasteiger partial charge in [-0.15, -0.1) is 0 Å². The first-order valence-corrected chi connectivity index (χ1v) is 8.28. The van der Waals surface area contributed by atoms with E-state index in [4.69, 9.17) is 0 Å². The predicted octanol–water partition coefficient (Wildman–Crippen LogP) is 2.28. The number of aliphatic hydroxyl groups is 1. The highest BCUT2D eigenvalue weighted by Gasteiger charge is 2.24. The van der Waals surface area contributed by atoms with Gasteiger partial charge in [0.05, 0.1) is 6.10 Å². The maximum Gasteiger partial charge on any atom is 0.123 e. The van der Waals surface area contributed by atoms with Crippen molar-refractivity contribution in [3.8, 4) is 0 Å². The van der Waals surface area contributed by atoms with Crippen LogP contribution in [0.25, 0.3) is 5.57 Å². The molecule has 1 unspecified atom stereocenters. The zero-order valence-electron chi connectivity index (χ0n) is 13.0. The summed E-state index contributed by atoms with van der Waals surface area (Å²) in [7, 11) is 0. The second-order valence-electron chi connectivity index (χ2n) is 6.40. The Labute approximate surface area is 131 Å². The van der Waals surface area contributed by atoms with Crippen LogP contribution in [0.2, 0.25) is 0 Å². The zero-order valence-corrected chi connectivity index (χ0v) is 13.0. The average molecular weight is 304 g/mol. The molecule has 0 amide bonds.